The van der Waals surface area contributed by atoms with E-state index in [1.165, 1.54) is 32.3 Å². The van der Waals surface area contributed by atoms with Crippen LogP contribution in [0.4, 0.5) is 5.69 Å². The number of carbonyl (C=O) groups excluding carboxylic acids is 2. The molecule has 0 saturated carbocycles. The van der Waals surface area contributed by atoms with Crippen LogP contribution >= 0.6 is 12.2 Å². The van der Waals surface area contributed by atoms with Crippen LogP contribution in [0.25, 0.3) is 6.08 Å². The number of ether oxygens (including phenoxy) is 4. The van der Waals surface area contributed by atoms with E-state index in [1.54, 1.807) is 37.4 Å². The fourth-order valence-corrected chi connectivity index (χ4v) is 3.58. The molecule has 0 spiro atoms. The molecule has 31 heavy (non-hydrogen) atoms. The number of amides is 2. The summed E-state index contributed by atoms with van der Waals surface area (Å²) in [4.78, 5) is 27.2. The van der Waals surface area contributed by atoms with Crippen molar-refractivity contribution < 1.29 is 28.5 Å². The summed E-state index contributed by atoms with van der Waals surface area (Å²) >= 11 is 5.27. The summed E-state index contributed by atoms with van der Waals surface area (Å²) in [6, 6.07) is 8.38. The third-order valence-corrected chi connectivity index (χ3v) is 5.12. The maximum absolute atomic E-state index is 13.3. The zero-order valence-electron chi connectivity index (χ0n) is 17.8. The zero-order valence-corrected chi connectivity index (χ0v) is 18.6. The van der Waals surface area contributed by atoms with Crippen molar-refractivity contribution in [3.63, 3.8) is 0 Å². The molecule has 0 unspecified atom stereocenters. The van der Waals surface area contributed by atoms with Crippen LogP contribution in [0.2, 0.25) is 0 Å². The summed E-state index contributed by atoms with van der Waals surface area (Å²) in [5.41, 5.74) is 1.57. The molecule has 0 aliphatic carbocycles. The molecule has 0 bridgehead atoms. The highest BCUT2D eigenvalue weighted by Crippen LogP contribution is 2.36. The van der Waals surface area contributed by atoms with E-state index in [4.69, 9.17) is 31.2 Å². The summed E-state index contributed by atoms with van der Waals surface area (Å²) in [6.45, 7) is 1.83. The number of nitrogens with one attached hydrogen (secondary N) is 1. The number of benzene rings is 2. The molecule has 2 aromatic carbocycles. The van der Waals surface area contributed by atoms with Gasteiger partial charge in [0.05, 0.1) is 34.1 Å². The Bertz CT molecular complexity index is 1100. The van der Waals surface area contributed by atoms with E-state index in [0.717, 1.165) is 5.56 Å². The van der Waals surface area contributed by atoms with Crippen molar-refractivity contribution in [1.29, 1.82) is 0 Å². The van der Waals surface area contributed by atoms with E-state index < -0.39 is 11.8 Å². The van der Waals surface area contributed by atoms with Gasteiger partial charge in [0.25, 0.3) is 11.8 Å². The van der Waals surface area contributed by atoms with Gasteiger partial charge >= 0.3 is 0 Å². The Kier molecular flexibility index (Phi) is 6.45. The second-order valence-electron chi connectivity index (χ2n) is 6.51. The molecule has 1 N–H and O–H groups in total. The van der Waals surface area contributed by atoms with Crippen LogP contribution < -0.4 is 29.2 Å². The largest absolute Gasteiger partial charge is 0.497 e. The molecule has 2 amide bonds. The van der Waals surface area contributed by atoms with Gasteiger partial charge in [0.2, 0.25) is 0 Å². The molecule has 1 fully saturated rings. The van der Waals surface area contributed by atoms with Crippen molar-refractivity contribution in [3.8, 4) is 23.0 Å². The van der Waals surface area contributed by atoms with E-state index in [0.29, 0.717) is 34.2 Å². The van der Waals surface area contributed by atoms with E-state index in [9.17, 15) is 9.59 Å². The Labute approximate surface area is 185 Å². The monoisotopic (exact) mass is 442 g/mol. The highest BCUT2D eigenvalue weighted by atomic mass is 32.1. The summed E-state index contributed by atoms with van der Waals surface area (Å²) in [7, 11) is 6.06. The highest BCUT2D eigenvalue weighted by Gasteiger charge is 2.36. The Morgan fingerprint density at radius 2 is 1.65 bits per heavy atom. The topological polar surface area (TPSA) is 86.3 Å². The maximum atomic E-state index is 13.3. The number of nitrogens with zero attached hydrogens (tertiary/aromatic N) is 1. The molecule has 9 heteroatoms. The predicted octanol–water partition coefficient (Wildman–Crippen LogP) is 2.86. The minimum atomic E-state index is -0.603. The number of anilines is 1. The van der Waals surface area contributed by atoms with Crippen molar-refractivity contribution in [2.45, 2.75) is 6.92 Å². The van der Waals surface area contributed by atoms with Crippen LogP contribution in [0, 0.1) is 6.92 Å². The van der Waals surface area contributed by atoms with Crippen molar-refractivity contribution in [3.05, 3.63) is 47.0 Å². The number of thiocarbonyl (C=S) groups is 1. The first kappa shape index (κ1) is 22.1. The SMILES string of the molecule is COc1ccc(N2C(=O)/C(=C/c3ccc(OC)c(C)c3OC)C(=O)NC2=S)c(OC)c1. The van der Waals surface area contributed by atoms with Crippen LogP contribution in [0.1, 0.15) is 11.1 Å². The molecule has 0 aromatic heterocycles. The van der Waals surface area contributed by atoms with Crippen LogP contribution in [0.3, 0.4) is 0 Å². The van der Waals surface area contributed by atoms with Crippen molar-refractivity contribution >= 4 is 40.9 Å². The summed E-state index contributed by atoms with van der Waals surface area (Å²) in [6.07, 6.45) is 1.47. The lowest BCUT2D eigenvalue weighted by Crippen LogP contribution is -2.54. The fourth-order valence-electron chi connectivity index (χ4n) is 3.30. The lowest BCUT2D eigenvalue weighted by atomic mass is 10.0. The molecule has 1 heterocycles. The number of rotatable bonds is 6. The number of methoxy groups -OCH3 is 4. The summed E-state index contributed by atoms with van der Waals surface area (Å²) in [5.74, 6) is 0.845. The first-order chi connectivity index (χ1) is 14.9. The zero-order chi connectivity index (χ0) is 22.7. The fraction of sp³-hybridized carbons (Fsp3) is 0.227. The van der Waals surface area contributed by atoms with E-state index in [2.05, 4.69) is 5.32 Å². The van der Waals surface area contributed by atoms with E-state index >= 15 is 0 Å². The second-order valence-corrected chi connectivity index (χ2v) is 6.90. The Morgan fingerprint density at radius 3 is 2.26 bits per heavy atom. The standard InChI is InChI=1S/C22H22N2O6S/c1-12-17(28-3)9-6-13(19(12)30-5)10-15-20(25)23-22(31)24(21(15)26)16-8-7-14(27-2)11-18(16)29-4/h6-11H,1-5H3,(H,23,25,31)/b15-10+. The number of carbonyl (C=O) groups is 2. The summed E-state index contributed by atoms with van der Waals surface area (Å²) < 4.78 is 21.4. The van der Waals surface area contributed by atoms with Gasteiger partial charge in [-0.1, -0.05) is 0 Å². The molecule has 0 radical (unpaired) electrons. The minimum absolute atomic E-state index is 0.0477. The van der Waals surface area contributed by atoms with Gasteiger partial charge < -0.3 is 18.9 Å². The van der Waals surface area contributed by atoms with Gasteiger partial charge in [-0.3, -0.25) is 14.9 Å². The lowest BCUT2D eigenvalue weighted by molar-refractivity contribution is -0.122. The van der Waals surface area contributed by atoms with Gasteiger partial charge in [-0.25, -0.2) is 4.90 Å². The highest BCUT2D eigenvalue weighted by molar-refractivity contribution is 7.80. The third kappa shape index (κ3) is 4.04. The number of hydrogen-bond donors (Lipinski definition) is 1. The smallest absolute Gasteiger partial charge is 0.270 e. The van der Waals surface area contributed by atoms with Crippen LogP contribution in [-0.2, 0) is 9.59 Å². The molecular weight excluding hydrogens is 420 g/mol. The predicted molar refractivity (Wildman–Crippen MR) is 120 cm³/mol. The molecule has 0 atom stereocenters. The van der Waals surface area contributed by atoms with Gasteiger partial charge in [0.15, 0.2) is 5.11 Å². The Morgan fingerprint density at radius 1 is 0.935 bits per heavy atom. The van der Waals surface area contributed by atoms with Crippen molar-refractivity contribution in [1.82, 2.24) is 5.32 Å². The van der Waals surface area contributed by atoms with E-state index in [-0.39, 0.29) is 10.7 Å². The normalized spacial score (nSPS) is 15.1. The van der Waals surface area contributed by atoms with Crippen LogP contribution in [0.15, 0.2) is 35.9 Å². The van der Waals surface area contributed by atoms with Gasteiger partial charge in [0, 0.05) is 17.2 Å². The first-order valence-electron chi connectivity index (χ1n) is 9.21. The van der Waals surface area contributed by atoms with Crippen LogP contribution in [-0.4, -0.2) is 45.4 Å². The van der Waals surface area contributed by atoms with Gasteiger partial charge in [-0.15, -0.1) is 0 Å². The molecule has 1 aliphatic rings. The summed E-state index contributed by atoms with van der Waals surface area (Å²) in [5, 5.41) is 2.51. The van der Waals surface area contributed by atoms with Crippen LogP contribution in [0.5, 0.6) is 23.0 Å². The van der Waals surface area contributed by atoms with Crippen molar-refractivity contribution in [2.24, 2.45) is 0 Å². The molecule has 162 valence electrons. The second kappa shape index (κ2) is 9.05. The molecule has 2 aromatic rings. The first-order valence-corrected chi connectivity index (χ1v) is 9.62. The van der Waals surface area contributed by atoms with Crippen molar-refractivity contribution in [2.75, 3.05) is 33.3 Å². The average molecular weight is 442 g/mol. The Hall–Kier alpha value is -3.59. The minimum Gasteiger partial charge on any atom is -0.497 e. The molecule has 3 rings (SSSR count). The molecular formula is C22H22N2O6S. The van der Waals surface area contributed by atoms with Gasteiger partial charge in [0.1, 0.15) is 28.6 Å². The Balaban J connectivity index is 2.10. The quantitative estimate of drug-likeness (QED) is 0.418. The average Bonchev–Trinajstić information content (AvgIpc) is 2.76. The third-order valence-electron chi connectivity index (χ3n) is 4.84. The van der Waals surface area contributed by atoms with Gasteiger partial charge in [-0.05, 0) is 49.5 Å². The van der Waals surface area contributed by atoms with Gasteiger partial charge in [-0.2, -0.15) is 0 Å². The van der Waals surface area contributed by atoms with E-state index in [1.807, 2.05) is 6.92 Å². The molecule has 1 aliphatic heterocycles. The molecule has 1 saturated heterocycles. The molecule has 8 nitrogen and oxygen atoms in total. The lowest BCUT2D eigenvalue weighted by Gasteiger charge is -2.30. The maximum Gasteiger partial charge on any atom is 0.270 e. The number of hydrogen-bond acceptors (Lipinski definition) is 7.